The van der Waals surface area contributed by atoms with E-state index >= 15 is 0 Å². The number of carbonyl (C=O) groups is 1. The van der Waals surface area contributed by atoms with Gasteiger partial charge < -0.3 is 10.6 Å². The van der Waals surface area contributed by atoms with E-state index in [0.29, 0.717) is 10.9 Å². The van der Waals surface area contributed by atoms with Gasteiger partial charge in [-0.25, -0.2) is 4.98 Å². The average molecular weight is 401 g/mol. The zero-order valence-corrected chi connectivity index (χ0v) is 16.4. The minimum atomic E-state index is -4.42. The highest BCUT2D eigenvalue weighted by molar-refractivity contribution is 5.95. The van der Waals surface area contributed by atoms with Crippen LogP contribution in [0.1, 0.15) is 47.1 Å². The molecule has 0 saturated carbocycles. The van der Waals surface area contributed by atoms with Crippen LogP contribution in [-0.4, -0.2) is 17.4 Å². The number of nitrogens with zero attached hydrogens (tertiary/aromatic N) is 1. The lowest BCUT2D eigenvalue weighted by molar-refractivity contribution is -0.137. The molecule has 152 valence electrons. The molecule has 0 fully saturated rings. The molecule has 7 heteroatoms. The second-order valence-electron chi connectivity index (χ2n) is 6.90. The van der Waals surface area contributed by atoms with Gasteiger partial charge in [0.25, 0.3) is 5.91 Å². The third-order valence-corrected chi connectivity index (χ3v) is 4.71. The number of anilines is 1. The third-order valence-electron chi connectivity index (χ3n) is 4.71. The van der Waals surface area contributed by atoms with Crippen molar-refractivity contribution in [2.75, 3.05) is 11.9 Å². The normalized spacial score (nSPS) is 12.6. The molecule has 4 nitrogen and oxygen atoms in total. The Labute approximate surface area is 167 Å². The van der Waals surface area contributed by atoms with Crippen LogP contribution in [-0.2, 0) is 6.18 Å². The van der Waals surface area contributed by atoms with E-state index in [4.69, 9.17) is 0 Å². The fourth-order valence-electron chi connectivity index (χ4n) is 3.13. The van der Waals surface area contributed by atoms with E-state index in [1.807, 2.05) is 39.0 Å². The lowest BCUT2D eigenvalue weighted by Crippen LogP contribution is -2.27. The van der Waals surface area contributed by atoms with Crippen molar-refractivity contribution in [2.24, 2.45) is 0 Å². The molecule has 1 amide bonds. The van der Waals surface area contributed by atoms with Crippen molar-refractivity contribution in [1.29, 1.82) is 0 Å². The first kappa shape index (κ1) is 20.6. The number of rotatable bonds is 5. The van der Waals surface area contributed by atoms with Crippen LogP contribution in [0.25, 0.3) is 10.9 Å². The Morgan fingerprint density at radius 2 is 1.86 bits per heavy atom. The Kier molecular flexibility index (Phi) is 5.77. The summed E-state index contributed by atoms with van der Waals surface area (Å²) in [6, 6.07) is 11.9. The second-order valence-corrected chi connectivity index (χ2v) is 6.90. The molecule has 1 heterocycles. The van der Waals surface area contributed by atoms with Gasteiger partial charge in [0.2, 0.25) is 0 Å². The maximum absolute atomic E-state index is 12.8. The van der Waals surface area contributed by atoms with Crippen LogP contribution in [0.4, 0.5) is 18.9 Å². The summed E-state index contributed by atoms with van der Waals surface area (Å²) >= 11 is 0. The number of carbonyl (C=O) groups excluding carboxylic acids is 1. The van der Waals surface area contributed by atoms with Gasteiger partial charge in [0.15, 0.2) is 0 Å². The first-order valence-corrected chi connectivity index (χ1v) is 9.32. The van der Waals surface area contributed by atoms with Crippen molar-refractivity contribution in [1.82, 2.24) is 10.3 Å². The SMILES string of the molecule is CCNc1ccc([C@@H](C)NC(=O)c2ccc3cc(C(F)(F)F)ccc3n2)cc1C. The zero-order valence-electron chi connectivity index (χ0n) is 16.4. The standard InChI is InChI=1S/C22H22F3N3O/c1-4-26-18-8-5-15(11-13(18)2)14(3)27-21(29)20-9-6-16-12-17(22(23,24)25)7-10-19(16)28-20/h5-12,14,26H,4H2,1-3H3,(H,27,29)/t14-/m1/s1. The Morgan fingerprint density at radius 1 is 1.10 bits per heavy atom. The number of aryl methyl sites for hydroxylation is 1. The van der Waals surface area contributed by atoms with Crippen molar-refractivity contribution in [3.05, 3.63) is 70.9 Å². The number of hydrogen-bond acceptors (Lipinski definition) is 3. The van der Waals surface area contributed by atoms with Crippen molar-refractivity contribution in [3.63, 3.8) is 0 Å². The summed E-state index contributed by atoms with van der Waals surface area (Å²) in [5.74, 6) is -0.382. The molecule has 0 aliphatic rings. The minimum absolute atomic E-state index is 0.158. The predicted molar refractivity (Wildman–Crippen MR) is 108 cm³/mol. The van der Waals surface area contributed by atoms with Crippen molar-refractivity contribution < 1.29 is 18.0 Å². The Balaban J connectivity index is 1.77. The summed E-state index contributed by atoms with van der Waals surface area (Å²) in [6.45, 7) is 6.72. The molecule has 2 aromatic carbocycles. The largest absolute Gasteiger partial charge is 0.416 e. The van der Waals surface area contributed by atoms with Crippen LogP contribution in [0, 0.1) is 6.92 Å². The highest BCUT2D eigenvalue weighted by Gasteiger charge is 2.30. The number of hydrogen-bond donors (Lipinski definition) is 2. The van der Waals surface area contributed by atoms with Gasteiger partial charge >= 0.3 is 6.18 Å². The molecule has 29 heavy (non-hydrogen) atoms. The number of alkyl halides is 3. The van der Waals surface area contributed by atoms with Crippen LogP contribution in [0.3, 0.4) is 0 Å². The number of pyridine rings is 1. The van der Waals surface area contributed by atoms with Gasteiger partial charge in [-0.05, 0) is 62.2 Å². The number of aromatic nitrogens is 1. The van der Waals surface area contributed by atoms with Gasteiger partial charge in [0.05, 0.1) is 17.1 Å². The molecule has 0 unspecified atom stereocenters. The van der Waals surface area contributed by atoms with Crippen molar-refractivity contribution >= 4 is 22.5 Å². The fourth-order valence-corrected chi connectivity index (χ4v) is 3.13. The summed E-state index contributed by atoms with van der Waals surface area (Å²) in [5, 5.41) is 6.49. The smallest absolute Gasteiger partial charge is 0.385 e. The van der Waals surface area contributed by atoms with E-state index in [1.54, 1.807) is 0 Å². The van der Waals surface area contributed by atoms with Gasteiger partial charge in [0, 0.05) is 17.6 Å². The van der Waals surface area contributed by atoms with E-state index in [0.717, 1.165) is 35.5 Å². The Hall–Kier alpha value is -3.09. The lowest BCUT2D eigenvalue weighted by atomic mass is 10.0. The highest BCUT2D eigenvalue weighted by atomic mass is 19.4. The summed E-state index contributed by atoms with van der Waals surface area (Å²) in [7, 11) is 0. The molecule has 1 aromatic heterocycles. The molecular weight excluding hydrogens is 379 g/mol. The first-order valence-electron chi connectivity index (χ1n) is 9.32. The van der Waals surface area contributed by atoms with Crippen LogP contribution < -0.4 is 10.6 Å². The fraction of sp³-hybridized carbons (Fsp3) is 0.273. The topological polar surface area (TPSA) is 54.0 Å². The number of amides is 1. The van der Waals surface area contributed by atoms with Crippen LogP contribution in [0.2, 0.25) is 0 Å². The maximum atomic E-state index is 12.8. The highest BCUT2D eigenvalue weighted by Crippen LogP contribution is 2.31. The van der Waals surface area contributed by atoms with E-state index in [-0.39, 0.29) is 17.6 Å². The van der Waals surface area contributed by atoms with Gasteiger partial charge in [-0.1, -0.05) is 18.2 Å². The monoisotopic (exact) mass is 401 g/mol. The lowest BCUT2D eigenvalue weighted by Gasteiger charge is -2.17. The molecule has 0 radical (unpaired) electrons. The molecule has 2 N–H and O–H groups in total. The molecule has 3 aromatic rings. The van der Waals surface area contributed by atoms with Gasteiger partial charge in [-0.3, -0.25) is 4.79 Å². The van der Waals surface area contributed by atoms with Crippen molar-refractivity contribution in [3.8, 4) is 0 Å². The zero-order chi connectivity index (χ0) is 21.2. The maximum Gasteiger partial charge on any atom is 0.416 e. The Bertz CT molecular complexity index is 1050. The van der Waals surface area contributed by atoms with E-state index < -0.39 is 11.7 Å². The number of nitrogens with one attached hydrogen (secondary N) is 2. The number of halogens is 3. The quantitative estimate of drug-likeness (QED) is 0.595. The third kappa shape index (κ3) is 4.67. The summed E-state index contributed by atoms with van der Waals surface area (Å²) < 4.78 is 38.5. The molecule has 3 rings (SSSR count). The number of fused-ring (bicyclic) bond motifs is 1. The second kappa shape index (κ2) is 8.11. The molecule has 1 atom stereocenters. The number of benzene rings is 2. The molecule has 0 aliphatic carbocycles. The van der Waals surface area contributed by atoms with Crippen LogP contribution in [0.15, 0.2) is 48.5 Å². The molecular formula is C22H22F3N3O. The van der Waals surface area contributed by atoms with E-state index in [9.17, 15) is 18.0 Å². The summed E-state index contributed by atoms with van der Waals surface area (Å²) in [4.78, 5) is 16.8. The van der Waals surface area contributed by atoms with Gasteiger partial charge in [-0.2, -0.15) is 13.2 Å². The molecule has 0 bridgehead atoms. The molecule has 0 spiro atoms. The molecule has 0 saturated heterocycles. The summed E-state index contributed by atoms with van der Waals surface area (Å²) in [5.41, 5.74) is 2.83. The van der Waals surface area contributed by atoms with Crippen molar-refractivity contribution in [2.45, 2.75) is 33.0 Å². The summed E-state index contributed by atoms with van der Waals surface area (Å²) in [6.07, 6.45) is -4.42. The molecule has 0 aliphatic heterocycles. The van der Waals surface area contributed by atoms with Crippen LogP contribution >= 0.6 is 0 Å². The minimum Gasteiger partial charge on any atom is -0.385 e. The Morgan fingerprint density at radius 3 is 2.52 bits per heavy atom. The predicted octanol–water partition coefficient (Wildman–Crippen LogP) is 5.48. The average Bonchev–Trinajstić information content (AvgIpc) is 2.68. The van der Waals surface area contributed by atoms with E-state index in [2.05, 4.69) is 15.6 Å². The van der Waals surface area contributed by atoms with E-state index in [1.165, 1.54) is 18.2 Å². The van der Waals surface area contributed by atoms with Crippen LogP contribution in [0.5, 0.6) is 0 Å². The van der Waals surface area contributed by atoms with Gasteiger partial charge in [-0.15, -0.1) is 0 Å². The van der Waals surface area contributed by atoms with Gasteiger partial charge in [0.1, 0.15) is 5.69 Å². The first-order chi connectivity index (χ1) is 13.7.